The maximum atomic E-state index is 3.41. The zero-order valence-electron chi connectivity index (χ0n) is 12.2. The first kappa shape index (κ1) is 12.7. The van der Waals surface area contributed by atoms with Crippen LogP contribution >= 0.6 is 0 Å². The van der Waals surface area contributed by atoms with Gasteiger partial charge < -0.3 is 4.98 Å². The van der Waals surface area contributed by atoms with Crippen LogP contribution in [0.25, 0.3) is 10.9 Å². The number of hydrogen-bond acceptors (Lipinski definition) is 1. The molecule has 102 valence electrons. The van der Waals surface area contributed by atoms with Crippen LogP contribution in [-0.4, -0.2) is 28.5 Å². The van der Waals surface area contributed by atoms with Gasteiger partial charge in [-0.15, -0.1) is 0 Å². The molecule has 0 spiro atoms. The molecule has 1 N–H and O–H groups in total. The van der Waals surface area contributed by atoms with E-state index in [-0.39, 0.29) is 0 Å². The van der Waals surface area contributed by atoms with Gasteiger partial charge in [-0.3, -0.25) is 4.90 Å². The van der Waals surface area contributed by atoms with Gasteiger partial charge >= 0.3 is 0 Å². The summed E-state index contributed by atoms with van der Waals surface area (Å²) in [6.45, 7) is 9.39. The SMILES string of the molecule is CC(C)(C)N1CCC(c2c[nH]c3ccccc23)CC1. The molecular weight excluding hydrogens is 232 g/mol. The molecule has 0 aliphatic carbocycles. The minimum absolute atomic E-state index is 0.311. The normalized spacial score (nSPS) is 19.1. The van der Waals surface area contributed by atoms with E-state index in [1.54, 1.807) is 0 Å². The molecule has 3 rings (SSSR count). The third kappa shape index (κ3) is 2.42. The van der Waals surface area contributed by atoms with Gasteiger partial charge in [0.05, 0.1) is 0 Å². The van der Waals surface area contributed by atoms with Crippen molar-refractivity contribution in [2.45, 2.75) is 45.1 Å². The molecule has 0 radical (unpaired) electrons. The van der Waals surface area contributed by atoms with Crippen molar-refractivity contribution in [3.05, 3.63) is 36.0 Å². The Hall–Kier alpha value is -1.28. The van der Waals surface area contributed by atoms with Gasteiger partial charge in [0.25, 0.3) is 0 Å². The maximum Gasteiger partial charge on any atom is 0.0456 e. The minimum atomic E-state index is 0.311. The van der Waals surface area contributed by atoms with E-state index in [1.165, 1.54) is 42.4 Å². The Morgan fingerprint density at radius 2 is 1.79 bits per heavy atom. The van der Waals surface area contributed by atoms with Crippen molar-refractivity contribution in [2.24, 2.45) is 0 Å². The molecule has 1 aromatic carbocycles. The van der Waals surface area contributed by atoms with E-state index >= 15 is 0 Å². The molecule has 2 heterocycles. The Kier molecular flexibility index (Phi) is 3.14. The van der Waals surface area contributed by atoms with E-state index in [0.29, 0.717) is 5.54 Å². The van der Waals surface area contributed by atoms with Crippen LogP contribution in [0.3, 0.4) is 0 Å². The summed E-state index contributed by atoms with van der Waals surface area (Å²) in [6.07, 6.45) is 4.78. The first-order valence-corrected chi connectivity index (χ1v) is 7.37. The Morgan fingerprint density at radius 3 is 2.47 bits per heavy atom. The lowest BCUT2D eigenvalue weighted by atomic mass is 9.87. The number of aromatic nitrogens is 1. The molecule has 2 aromatic rings. The van der Waals surface area contributed by atoms with E-state index in [2.05, 4.69) is 61.1 Å². The Bertz CT molecular complexity index is 554. The quantitative estimate of drug-likeness (QED) is 0.812. The molecule has 1 aliphatic heterocycles. The van der Waals surface area contributed by atoms with Crippen LogP contribution in [0.4, 0.5) is 0 Å². The van der Waals surface area contributed by atoms with Crippen molar-refractivity contribution in [3.63, 3.8) is 0 Å². The smallest absolute Gasteiger partial charge is 0.0456 e. The van der Waals surface area contributed by atoms with Crippen molar-refractivity contribution in [1.29, 1.82) is 0 Å². The van der Waals surface area contributed by atoms with Gasteiger partial charge in [-0.05, 0) is 64.3 Å². The first-order valence-electron chi connectivity index (χ1n) is 7.37. The average molecular weight is 256 g/mol. The predicted molar refractivity (Wildman–Crippen MR) is 81.6 cm³/mol. The van der Waals surface area contributed by atoms with Gasteiger partial charge in [0, 0.05) is 22.6 Å². The molecule has 2 heteroatoms. The van der Waals surface area contributed by atoms with Gasteiger partial charge in [-0.1, -0.05) is 18.2 Å². The summed E-state index contributed by atoms with van der Waals surface area (Å²) in [7, 11) is 0. The Balaban J connectivity index is 1.79. The number of nitrogens with one attached hydrogen (secondary N) is 1. The largest absolute Gasteiger partial charge is 0.361 e. The maximum absolute atomic E-state index is 3.41. The third-order valence-electron chi connectivity index (χ3n) is 4.50. The monoisotopic (exact) mass is 256 g/mol. The van der Waals surface area contributed by atoms with Crippen molar-refractivity contribution in [2.75, 3.05) is 13.1 Å². The lowest BCUT2D eigenvalue weighted by Crippen LogP contribution is -2.45. The van der Waals surface area contributed by atoms with Crippen molar-refractivity contribution < 1.29 is 0 Å². The number of fused-ring (bicyclic) bond motifs is 1. The molecule has 1 fully saturated rings. The van der Waals surface area contributed by atoms with Crippen molar-refractivity contribution >= 4 is 10.9 Å². The molecule has 1 aromatic heterocycles. The summed E-state index contributed by atoms with van der Waals surface area (Å²) in [4.78, 5) is 6.02. The average Bonchev–Trinajstić information content (AvgIpc) is 2.82. The number of benzene rings is 1. The number of para-hydroxylation sites is 1. The predicted octanol–water partition coefficient (Wildman–Crippen LogP) is 4.15. The Labute approximate surface area is 115 Å². The number of aromatic amines is 1. The summed E-state index contributed by atoms with van der Waals surface area (Å²) < 4.78 is 0. The van der Waals surface area contributed by atoms with Crippen molar-refractivity contribution in [3.8, 4) is 0 Å². The number of likely N-dealkylation sites (tertiary alicyclic amines) is 1. The fourth-order valence-corrected chi connectivity index (χ4v) is 3.29. The lowest BCUT2D eigenvalue weighted by Gasteiger charge is -2.40. The summed E-state index contributed by atoms with van der Waals surface area (Å²) >= 11 is 0. The van der Waals surface area contributed by atoms with E-state index in [0.717, 1.165) is 5.92 Å². The van der Waals surface area contributed by atoms with Crippen LogP contribution in [0.2, 0.25) is 0 Å². The molecule has 19 heavy (non-hydrogen) atoms. The van der Waals surface area contributed by atoms with Gasteiger partial charge in [-0.2, -0.15) is 0 Å². The molecular formula is C17H24N2. The molecule has 1 aliphatic rings. The topological polar surface area (TPSA) is 19.0 Å². The van der Waals surface area contributed by atoms with Crippen molar-refractivity contribution in [1.82, 2.24) is 9.88 Å². The Morgan fingerprint density at radius 1 is 1.11 bits per heavy atom. The number of nitrogens with zero attached hydrogens (tertiary/aromatic N) is 1. The fraction of sp³-hybridized carbons (Fsp3) is 0.529. The van der Waals surface area contributed by atoms with Crippen LogP contribution in [-0.2, 0) is 0 Å². The number of piperidine rings is 1. The molecule has 0 amide bonds. The molecule has 2 nitrogen and oxygen atoms in total. The fourth-order valence-electron chi connectivity index (χ4n) is 3.29. The van der Waals surface area contributed by atoms with Crippen LogP contribution < -0.4 is 0 Å². The summed E-state index contributed by atoms with van der Waals surface area (Å²) in [5.41, 5.74) is 3.10. The highest BCUT2D eigenvalue weighted by atomic mass is 15.2. The molecule has 0 atom stereocenters. The highest BCUT2D eigenvalue weighted by Crippen LogP contribution is 2.34. The second-order valence-electron chi connectivity index (χ2n) is 6.72. The van der Waals surface area contributed by atoms with Gasteiger partial charge in [0.1, 0.15) is 0 Å². The standard InChI is InChI=1S/C17H24N2/c1-17(2,3)19-10-8-13(9-11-19)15-12-18-16-7-5-4-6-14(15)16/h4-7,12-13,18H,8-11H2,1-3H3. The highest BCUT2D eigenvalue weighted by Gasteiger charge is 2.28. The van der Waals surface area contributed by atoms with Gasteiger partial charge in [-0.25, -0.2) is 0 Å². The minimum Gasteiger partial charge on any atom is -0.361 e. The first-order chi connectivity index (χ1) is 9.05. The van der Waals surface area contributed by atoms with Crippen LogP contribution in [0.5, 0.6) is 0 Å². The van der Waals surface area contributed by atoms with Crippen LogP contribution in [0.1, 0.15) is 45.1 Å². The molecule has 0 unspecified atom stereocenters. The molecule has 0 saturated carbocycles. The zero-order chi connectivity index (χ0) is 13.5. The van der Waals surface area contributed by atoms with E-state index in [9.17, 15) is 0 Å². The van der Waals surface area contributed by atoms with E-state index in [1.807, 2.05) is 0 Å². The van der Waals surface area contributed by atoms with Gasteiger partial charge in [0.2, 0.25) is 0 Å². The number of rotatable bonds is 1. The van der Waals surface area contributed by atoms with E-state index in [4.69, 9.17) is 0 Å². The lowest BCUT2D eigenvalue weighted by molar-refractivity contribution is 0.102. The third-order valence-corrected chi connectivity index (χ3v) is 4.50. The second-order valence-corrected chi connectivity index (χ2v) is 6.72. The second kappa shape index (κ2) is 4.68. The van der Waals surface area contributed by atoms with Crippen LogP contribution in [0.15, 0.2) is 30.5 Å². The zero-order valence-corrected chi connectivity index (χ0v) is 12.2. The van der Waals surface area contributed by atoms with Gasteiger partial charge in [0.15, 0.2) is 0 Å². The van der Waals surface area contributed by atoms with Crippen LogP contribution in [0, 0.1) is 0 Å². The summed E-state index contributed by atoms with van der Waals surface area (Å²) in [6, 6.07) is 8.66. The molecule has 0 bridgehead atoms. The van der Waals surface area contributed by atoms with E-state index < -0.39 is 0 Å². The number of hydrogen-bond donors (Lipinski definition) is 1. The summed E-state index contributed by atoms with van der Waals surface area (Å²) in [5.74, 6) is 0.717. The molecule has 1 saturated heterocycles. The summed E-state index contributed by atoms with van der Waals surface area (Å²) in [5, 5.41) is 1.41. The highest BCUT2D eigenvalue weighted by molar-refractivity contribution is 5.83. The number of H-pyrrole nitrogens is 1.